The first kappa shape index (κ1) is 10.7. The Labute approximate surface area is 95.3 Å². The Morgan fingerprint density at radius 2 is 1.75 bits per heavy atom. The second-order valence-corrected chi connectivity index (χ2v) is 4.20. The lowest BCUT2D eigenvalue weighted by Gasteiger charge is -2.09. The molecule has 0 aliphatic heterocycles. The van der Waals surface area contributed by atoms with Crippen molar-refractivity contribution in [1.29, 1.82) is 0 Å². The van der Waals surface area contributed by atoms with E-state index in [1.165, 1.54) is 5.56 Å². The van der Waals surface area contributed by atoms with Crippen LogP contribution in [0.5, 0.6) is 0 Å². The maximum atomic E-state index is 12.2. The monoisotopic (exact) mass is 213 g/mol. The predicted octanol–water partition coefficient (Wildman–Crippen LogP) is 3.17. The van der Waals surface area contributed by atoms with Crippen LogP contribution in [0.4, 0.5) is 0 Å². The third kappa shape index (κ3) is 1.78. The number of aryl methyl sites for hydroxylation is 3. The molecular formula is C14H15NO. The molecule has 0 unspecified atom stereocenters. The summed E-state index contributed by atoms with van der Waals surface area (Å²) in [6, 6.07) is 5.90. The van der Waals surface area contributed by atoms with E-state index in [9.17, 15) is 4.79 Å². The minimum atomic E-state index is 0.0938. The molecule has 0 spiro atoms. The minimum absolute atomic E-state index is 0.0938. The largest absolute Gasteiger partial charge is 0.367 e. The quantitative estimate of drug-likeness (QED) is 0.763. The SMILES string of the molecule is Cc1cc(C)c(C(=O)c2cc[nH]c2)c(C)c1. The zero-order valence-corrected chi connectivity index (χ0v) is 9.79. The molecule has 0 bridgehead atoms. The first-order valence-electron chi connectivity index (χ1n) is 5.35. The summed E-state index contributed by atoms with van der Waals surface area (Å²) in [6.07, 6.45) is 3.51. The van der Waals surface area contributed by atoms with E-state index in [4.69, 9.17) is 0 Å². The number of H-pyrrole nitrogens is 1. The van der Waals surface area contributed by atoms with Gasteiger partial charge in [0.1, 0.15) is 0 Å². The number of ketones is 1. The van der Waals surface area contributed by atoms with Crippen molar-refractivity contribution in [1.82, 2.24) is 4.98 Å². The molecule has 1 aromatic heterocycles. The van der Waals surface area contributed by atoms with Crippen LogP contribution in [0.1, 0.15) is 32.6 Å². The summed E-state index contributed by atoms with van der Waals surface area (Å²) in [5.74, 6) is 0.0938. The van der Waals surface area contributed by atoms with Gasteiger partial charge in [-0.3, -0.25) is 4.79 Å². The number of hydrogen-bond acceptors (Lipinski definition) is 1. The number of carbonyl (C=O) groups is 1. The van der Waals surface area contributed by atoms with E-state index in [1.807, 2.05) is 32.9 Å². The number of benzene rings is 1. The molecule has 1 N–H and O–H groups in total. The Bertz CT molecular complexity index is 501. The Hall–Kier alpha value is -1.83. The smallest absolute Gasteiger partial charge is 0.195 e. The van der Waals surface area contributed by atoms with Crippen LogP contribution in [-0.4, -0.2) is 10.8 Å². The van der Waals surface area contributed by atoms with Crippen molar-refractivity contribution >= 4 is 5.78 Å². The van der Waals surface area contributed by atoms with Crippen molar-refractivity contribution in [2.75, 3.05) is 0 Å². The molecule has 0 saturated heterocycles. The maximum Gasteiger partial charge on any atom is 0.195 e. The molecule has 1 aromatic carbocycles. The van der Waals surface area contributed by atoms with E-state index in [0.29, 0.717) is 0 Å². The molecule has 2 aromatic rings. The first-order valence-corrected chi connectivity index (χ1v) is 5.35. The maximum absolute atomic E-state index is 12.2. The van der Waals surface area contributed by atoms with Crippen molar-refractivity contribution in [3.8, 4) is 0 Å². The van der Waals surface area contributed by atoms with Crippen molar-refractivity contribution in [3.63, 3.8) is 0 Å². The number of aromatic amines is 1. The van der Waals surface area contributed by atoms with Crippen LogP contribution in [0.25, 0.3) is 0 Å². The number of aromatic nitrogens is 1. The van der Waals surface area contributed by atoms with Crippen LogP contribution in [0.15, 0.2) is 30.6 Å². The Morgan fingerprint density at radius 3 is 2.25 bits per heavy atom. The average Bonchev–Trinajstić information content (AvgIpc) is 2.67. The van der Waals surface area contributed by atoms with Crippen molar-refractivity contribution in [2.24, 2.45) is 0 Å². The molecule has 0 aliphatic carbocycles. The van der Waals surface area contributed by atoms with Gasteiger partial charge in [0.15, 0.2) is 5.78 Å². The van der Waals surface area contributed by atoms with Crippen molar-refractivity contribution in [2.45, 2.75) is 20.8 Å². The standard InChI is InChI=1S/C14H15NO/c1-9-6-10(2)13(11(3)7-9)14(16)12-4-5-15-8-12/h4-8,15H,1-3H3. The van der Waals surface area contributed by atoms with Gasteiger partial charge in [-0.2, -0.15) is 0 Å². The van der Waals surface area contributed by atoms with E-state index in [0.717, 1.165) is 22.3 Å². The molecule has 0 fully saturated rings. The van der Waals surface area contributed by atoms with Gasteiger partial charge in [0.2, 0.25) is 0 Å². The summed E-state index contributed by atoms with van der Waals surface area (Å²) >= 11 is 0. The summed E-state index contributed by atoms with van der Waals surface area (Å²) < 4.78 is 0. The number of nitrogens with one attached hydrogen (secondary N) is 1. The molecule has 82 valence electrons. The predicted molar refractivity (Wildman–Crippen MR) is 64.9 cm³/mol. The van der Waals surface area contributed by atoms with Gasteiger partial charge in [0.05, 0.1) is 0 Å². The van der Waals surface area contributed by atoms with Crippen LogP contribution in [0.3, 0.4) is 0 Å². The lowest BCUT2D eigenvalue weighted by atomic mass is 9.94. The number of rotatable bonds is 2. The topological polar surface area (TPSA) is 32.9 Å². The molecule has 1 heterocycles. The van der Waals surface area contributed by atoms with E-state index < -0.39 is 0 Å². The van der Waals surface area contributed by atoms with Gasteiger partial charge >= 0.3 is 0 Å². The zero-order chi connectivity index (χ0) is 11.7. The Morgan fingerprint density at radius 1 is 1.12 bits per heavy atom. The molecule has 2 rings (SSSR count). The van der Waals surface area contributed by atoms with Gasteiger partial charge in [0.25, 0.3) is 0 Å². The fourth-order valence-corrected chi connectivity index (χ4v) is 2.15. The molecule has 0 radical (unpaired) electrons. The highest BCUT2D eigenvalue weighted by Crippen LogP contribution is 2.19. The van der Waals surface area contributed by atoms with E-state index >= 15 is 0 Å². The zero-order valence-electron chi connectivity index (χ0n) is 9.79. The van der Waals surface area contributed by atoms with Crippen molar-refractivity contribution < 1.29 is 4.79 Å². The Balaban J connectivity index is 2.53. The number of hydrogen-bond donors (Lipinski definition) is 1. The molecular weight excluding hydrogens is 198 g/mol. The molecule has 0 saturated carbocycles. The van der Waals surface area contributed by atoms with Crippen LogP contribution < -0.4 is 0 Å². The third-order valence-electron chi connectivity index (χ3n) is 2.76. The van der Waals surface area contributed by atoms with Gasteiger partial charge in [-0.15, -0.1) is 0 Å². The number of carbonyl (C=O) groups excluding carboxylic acids is 1. The van der Waals surface area contributed by atoms with E-state index in [2.05, 4.69) is 4.98 Å². The summed E-state index contributed by atoms with van der Waals surface area (Å²) in [6.45, 7) is 6.02. The lowest BCUT2D eigenvalue weighted by Crippen LogP contribution is -2.05. The summed E-state index contributed by atoms with van der Waals surface area (Å²) in [5, 5.41) is 0. The summed E-state index contributed by atoms with van der Waals surface area (Å²) in [4.78, 5) is 15.2. The Kier molecular flexibility index (Phi) is 2.65. The fourth-order valence-electron chi connectivity index (χ4n) is 2.15. The van der Waals surface area contributed by atoms with E-state index in [-0.39, 0.29) is 5.78 Å². The van der Waals surface area contributed by atoms with Crippen LogP contribution in [0, 0.1) is 20.8 Å². The molecule has 0 amide bonds. The van der Waals surface area contributed by atoms with Crippen LogP contribution in [-0.2, 0) is 0 Å². The normalized spacial score (nSPS) is 10.4. The van der Waals surface area contributed by atoms with Crippen LogP contribution in [0.2, 0.25) is 0 Å². The minimum Gasteiger partial charge on any atom is -0.367 e. The van der Waals surface area contributed by atoms with Crippen LogP contribution >= 0.6 is 0 Å². The van der Waals surface area contributed by atoms with Gasteiger partial charge in [-0.1, -0.05) is 17.7 Å². The molecule has 2 nitrogen and oxygen atoms in total. The molecule has 0 atom stereocenters. The lowest BCUT2D eigenvalue weighted by molar-refractivity contribution is 0.103. The molecule has 0 aliphatic rings. The van der Waals surface area contributed by atoms with Gasteiger partial charge in [0, 0.05) is 23.5 Å². The second kappa shape index (κ2) is 3.97. The summed E-state index contributed by atoms with van der Waals surface area (Å²) in [7, 11) is 0. The van der Waals surface area contributed by atoms with E-state index in [1.54, 1.807) is 18.5 Å². The van der Waals surface area contributed by atoms with Gasteiger partial charge < -0.3 is 4.98 Å². The highest BCUT2D eigenvalue weighted by atomic mass is 16.1. The van der Waals surface area contributed by atoms with Gasteiger partial charge in [-0.05, 0) is 38.0 Å². The first-order chi connectivity index (χ1) is 7.59. The third-order valence-corrected chi connectivity index (χ3v) is 2.76. The second-order valence-electron chi connectivity index (χ2n) is 4.20. The summed E-state index contributed by atoms with van der Waals surface area (Å²) in [5.41, 5.74) is 4.83. The molecule has 2 heteroatoms. The van der Waals surface area contributed by atoms with Crippen molar-refractivity contribution in [3.05, 3.63) is 58.4 Å². The average molecular weight is 213 g/mol. The van der Waals surface area contributed by atoms with Gasteiger partial charge in [-0.25, -0.2) is 0 Å². The highest BCUT2D eigenvalue weighted by Gasteiger charge is 2.14. The molecule has 16 heavy (non-hydrogen) atoms. The fraction of sp³-hybridized carbons (Fsp3) is 0.214. The highest BCUT2D eigenvalue weighted by molar-refractivity contribution is 6.10.